The van der Waals surface area contributed by atoms with Crippen molar-refractivity contribution in [1.29, 1.82) is 0 Å². The standard InChI is InChI=1S/C24H33N3O5S/c1-5-15-25-24(29)19(2)26(16-14-20-10-7-6-8-11-20)23(28)18-27(33(4,30)31)21-12-9-13-22(17-21)32-3/h6-13,17,19H,5,14-16,18H2,1-4H3,(H,25,29)/t19-/m1/s1. The highest BCUT2D eigenvalue weighted by Gasteiger charge is 2.29. The third-order valence-electron chi connectivity index (χ3n) is 5.22. The Labute approximate surface area is 196 Å². The zero-order chi connectivity index (χ0) is 24.4. The summed E-state index contributed by atoms with van der Waals surface area (Å²) in [6.45, 7) is 3.96. The lowest BCUT2D eigenvalue weighted by atomic mass is 10.1. The van der Waals surface area contributed by atoms with Gasteiger partial charge in [-0.2, -0.15) is 0 Å². The van der Waals surface area contributed by atoms with E-state index in [9.17, 15) is 18.0 Å². The predicted octanol–water partition coefficient (Wildman–Crippen LogP) is 2.45. The van der Waals surface area contributed by atoms with E-state index in [-0.39, 0.29) is 12.5 Å². The van der Waals surface area contributed by atoms with Gasteiger partial charge in [0, 0.05) is 19.2 Å². The minimum Gasteiger partial charge on any atom is -0.497 e. The molecular formula is C24H33N3O5S. The van der Waals surface area contributed by atoms with Crippen LogP contribution in [0.5, 0.6) is 5.75 Å². The van der Waals surface area contributed by atoms with Crippen molar-refractivity contribution in [2.24, 2.45) is 0 Å². The number of carbonyl (C=O) groups excluding carboxylic acids is 2. The molecule has 9 heteroatoms. The third-order valence-corrected chi connectivity index (χ3v) is 6.36. The Morgan fingerprint density at radius 1 is 1.09 bits per heavy atom. The fourth-order valence-electron chi connectivity index (χ4n) is 3.35. The van der Waals surface area contributed by atoms with E-state index >= 15 is 0 Å². The van der Waals surface area contributed by atoms with Crippen LogP contribution in [0.4, 0.5) is 5.69 Å². The molecule has 0 radical (unpaired) electrons. The maximum Gasteiger partial charge on any atom is 0.244 e. The van der Waals surface area contributed by atoms with Gasteiger partial charge in [0.1, 0.15) is 18.3 Å². The molecule has 0 bridgehead atoms. The first-order valence-corrected chi connectivity index (χ1v) is 12.7. The zero-order valence-electron chi connectivity index (χ0n) is 19.7. The molecule has 8 nitrogen and oxygen atoms in total. The van der Waals surface area contributed by atoms with Crippen LogP contribution in [-0.4, -0.2) is 64.2 Å². The number of carbonyl (C=O) groups is 2. The zero-order valence-corrected chi connectivity index (χ0v) is 20.5. The Kier molecular flexibility index (Phi) is 9.72. The molecule has 0 aromatic heterocycles. The van der Waals surface area contributed by atoms with Gasteiger partial charge < -0.3 is 15.0 Å². The van der Waals surface area contributed by atoms with Gasteiger partial charge >= 0.3 is 0 Å². The summed E-state index contributed by atoms with van der Waals surface area (Å²) in [5.41, 5.74) is 1.33. The van der Waals surface area contributed by atoms with Crippen molar-refractivity contribution in [2.45, 2.75) is 32.7 Å². The Hall–Kier alpha value is -3.07. The molecule has 0 saturated heterocycles. The van der Waals surface area contributed by atoms with E-state index < -0.39 is 28.5 Å². The number of rotatable bonds is 12. The van der Waals surface area contributed by atoms with Gasteiger partial charge in [-0.3, -0.25) is 13.9 Å². The number of ether oxygens (including phenoxy) is 1. The number of hydrogen-bond donors (Lipinski definition) is 1. The number of nitrogens with zero attached hydrogens (tertiary/aromatic N) is 2. The molecule has 1 N–H and O–H groups in total. The second-order valence-electron chi connectivity index (χ2n) is 7.76. The smallest absolute Gasteiger partial charge is 0.244 e. The van der Waals surface area contributed by atoms with E-state index in [4.69, 9.17) is 4.74 Å². The van der Waals surface area contributed by atoms with Crippen molar-refractivity contribution in [3.05, 3.63) is 60.2 Å². The van der Waals surface area contributed by atoms with E-state index in [1.807, 2.05) is 37.3 Å². The SMILES string of the molecule is CCCNC(=O)[C@@H](C)N(CCc1ccccc1)C(=O)CN(c1cccc(OC)c1)S(C)(=O)=O. The number of sulfonamides is 1. The normalized spacial score (nSPS) is 12.0. The quantitative estimate of drug-likeness (QED) is 0.509. The van der Waals surface area contributed by atoms with Gasteiger partial charge in [0.25, 0.3) is 0 Å². The van der Waals surface area contributed by atoms with E-state index in [0.29, 0.717) is 24.4 Å². The molecule has 0 saturated carbocycles. The third kappa shape index (κ3) is 7.78. The second-order valence-corrected chi connectivity index (χ2v) is 9.67. The largest absolute Gasteiger partial charge is 0.497 e. The molecule has 0 unspecified atom stereocenters. The molecule has 1 atom stereocenters. The maximum atomic E-state index is 13.4. The topological polar surface area (TPSA) is 96.0 Å². The van der Waals surface area contributed by atoms with Gasteiger partial charge in [-0.25, -0.2) is 8.42 Å². The number of methoxy groups -OCH3 is 1. The molecule has 2 aromatic carbocycles. The summed E-state index contributed by atoms with van der Waals surface area (Å²) in [6, 6.07) is 15.4. The number of benzene rings is 2. The van der Waals surface area contributed by atoms with Crippen molar-refractivity contribution in [3.8, 4) is 5.75 Å². The molecule has 0 aliphatic carbocycles. The molecule has 2 amide bonds. The average molecular weight is 476 g/mol. The molecule has 180 valence electrons. The van der Waals surface area contributed by atoms with Crippen LogP contribution < -0.4 is 14.4 Å². The first-order chi connectivity index (χ1) is 15.7. The van der Waals surface area contributed by atoms with Crippen molar-refractivity contribution < 1.29 is 22.7 Å². The van der Waals surface area contributed by atoms with Crippen LogP contribution in [0.3, 0.4) is 0 Å². The summed E-state index contributed by atoms with van der Waals surface area (Å²) in [4.78, 5) is 27.5. The fraction of sp³-hybridized carbons (Fsp3) is 0.417. The van der Waals surface area contributed by atoms with Gasteiger partial charge in [0.05, 0.1) is 19.1 Å². The summed E-state index contributed by atoms with van der Waals surface area (Å²) < 4.78 is 31.3. The molecule has 2 aromatic rings. The predicted molar refractivity (Wildman–Crippen MR) is 130 cm³/mol. The lowest BCUT2D eigenvalue weighted by molar-refractivity contribution is -0.138. The minimum atomic E-state index is -3.77. The highest BCUT2D eigenvalue weighted by Crippen LogP contribution is 2.23. The Morgan fingerprint density at radius 3 is 2.39 bits per heavy atom. The van der Waals surface area contributed by atoms with E-state index in [1.54, 1.807) is 31.2 Å². The van der Waals surface area contributed by atoms with Crippen molar-refractivity contribution in [1.82, 2.24) is 10.2 Å². The van der Waals surface area contributed by atoms with Crippen LogP contribution in [-0.2, 0) is 26.0 Å². The van der Waals surface area contributed by atoms with E-state index in [0.717, 1.165) is 22.5 Å². The van der Waals surface area contributed by atoms with Crippen molar-refractivity contribution in [2.75, 3.05) is 37.3 Å². The molecular weight excluding hydrogens is 442 g/mol. The Balaban J connectivity index is 2.30. The molecule has 33 heavy (non-hydrogen) atoms. The molecule has 0 fully saturated rings. The fourth-order valence-corrected chi connectivity index (χ4v) is 4.19. The van der Waals surface area contributed by atoms with Crippen LogP contribution >= 0.6 is 0 Å². The van der Waals surface area contributed by atoms with Crippen molar-refractivity contribution in [3.63, 3.8) is 0 Å². The van der Waals surface area contributed by atoms with Crippen LogP contribution in [0.15, 0.2) is 54.6 Å². The van der Waals surface area contributed by atoms with Crippen LogP contribution in [0.25, 0.3) is 0 Å². The molecule has 0 aliphatic rings. The first-order valence-electron chi connectivity index (χ1n) is 10.9. The number of nitrogens with one attached hydrogen (secondary N) is 1. The van der Waals surface area contributed by atoms with Crippen molar-refractivity contribution >= 4 is 27.5 Å². The summed E-state index contributed by atoms with van der Waals surface area (Å²) in [5, 5.41) is 2.81. The van der Waals surface area contributed by atoms with Gasteiger partial charge in [-0.15, -0.1) is 0 Å². The number of amides is 2. The summed E-state index contributed by atoms with van der Waals surface area (Å²) >= 11 is 0. The summed E-state index contributed by atoms with van der Waals surface area (Å²) in [6.07, 6.45) is 2.36. The van der Waals surface area contributed by atoms with Crippen LogP contribution in [0.1, 0.15) is 25.8 Å². The van der Waals surface area contributed by atoms with E-state index in [1.165, 1.54) is 12.0 Å². The minimum absolute atomic E-state index is 0.273. The molecule has 2 rings (SSSR count). The molecule has 0 spiro atoms. The summed E-state index contributed by atoms with van der Waals surface area (Å²) in [7, 11) is -2.29. The van der Waals surface area contributed by atoms with Gasteiger partial charge in [-0.1, -0.05) is 43.3 Å². The Bertz CT molecular complexity index is 1030. The Morgan fingerprint density at radius 2 is 1.79 bits per heavy atom. The molecule has 0 heterocycles. The molecule has 0 aliphatic heterocycles. The van der Waals surface area contributed by atoms with Crippen LogP contribution in [0.2, 0.25) is 0 Å². The van der Waals surface area contributed by atoms with Gasteiger partial charge in [-0.05, 0) is 37.5 Å². The lowest BCUT2D eigenvalue weighted by Crippen LogP contribution is -2.52. The highest BCUT2D eigenvalue weighted by molar-refractivity contribution is 7.92. The van der Waals surface area contributed by atoms with Gasteiger partial charge in [0.15, 0.2) is 0 Å². The first kappa shape index (κ1) is 26.2. The average Bonchev–Trinajstić information content (AvgIpc) is 2.80. The van der Waals surface area contributed by atoms with Gasteiger partial charge in [0.2, 0.25) is 21.8 Å². The number of anilines is 1. The van der Waals surface area contributed by atoms with E-state index in [2.05, 4.69) is 5.32 Å². The summed E-state index contributed by atoms with van der Waals surface area (Å²) in [5.74, 6) is -0.259. The highest BCUT2D eigenvalue weighted by atomic mass is 32.2. The lowest BCUT2D eigenvalue weighted by Gasteiger charge is -2.31. The number of hydrogen-bond acceptors (Lipinski definition) is 5. The monoisotopic (exact) mass is 475 g/mol. The second kappa shape index (κ2) is 12.2. The van der Waals surface area contributed by atoms with Crippen LogP contribution in [0, 0.1) is 0 Å². The maximum absolute atomic E-state index is 13.4.